The Bertz CT molecular complexity index is 1010. The Morgan fingerprint density at radius 1 is 1.08 bits per heavy atom. The smallest absolute Gasteiger partial charge is 0.230 e. The summed E-state index contributed by atoms with van der Waals surface area (Å²) in [6.45, 7) is 0.364. The van der Waals surface area contributed by atoms with E-state index in [1.807, 2.05) is 48.5 Å². The Morgan fingerprint density at radius 3 is 2.77 bits per heavy atom. The van der Waals surface area contributed by atoms with Crippen LogP contribution in [0, 0.1) is 0 Å². The summed E-state index contributed by atoms with van der Waals surface area (Å²) >= 11 is 1.29. The van der Waals surface area contributed by atoms with Crippen molar-refractivity contribution < 1.29 is 9.21 Å². The van der Waals surface area contributed by atoms with E-state index >= 15 is 0 Å². The van der Waals surface area contributed by atoms with Crippen LogP contribution in [-0.4, -0.2) is 31.5 Å². The number of thioether (sulfide) groups is 1. The van der Waals surface area contributed by atoms with Crippen LogP contribution in [-0.2, 0) is 11.3 Å². The van der Waals surface area contributed by atoms with E-state index in [1.54, 1.807) is 16.8 Å². The molecular formula is C18H15N5O2S. The van der Waals surface area contributed by atoms with Crippen molar-refractivity contribution in [1.82, 2.24) is 25.1 Å². The number of amides is 1. The number of hydrogen-bond donors (Lipinski definition) is 1. The fourth-order valence-corrected chi connectivity index (χ4v) is 3.12. The van der Waals surface area contributed by atoms with Gasteiger partial charge in [0, 0.05) is 5.56 Å². The van der Waals surface area contributed by atoms with Gasteiger partial charge in [-0.1, -0.05) is 42.1 Å². The van der Waals surface area contributed by atoms with Crippen LogP contribution in [0.25, 0.3) is 16.9 Å². The Kier molecular flexibility index (Phi) is 4.65. The lowest BCUT2D eigenvalue weighted by molar-refractivity contribution is -0.118. The molecule has 130 valence electrons. The highest BCUT2D eigenvalue weighted by atomic mass is 32.2. The van der Waals surface area contributed by atoms with Crippen LogP contribution in [0.4, 0.5) is 0 Å². The van der Waals surface area contributed by atoms with Crippen LogP contribution in [0.5, 0.6) is 0 Å². The predicted octanol–water partition coefficient (Wildman–Crippen LogP) is 2.79. The minimum absolute atomic E-state index is 0.109. The van der Waals surface area contributed by atoms with Crippen molar-refractivity contribution in [3.63, 3.8) is 0 Å². The summed E-state index contributed by atoms with van der Waals surface area (Å²) in [4.78, 5) is 12.0. The first-order valence-electron chi connectivity index (χ1n) is 7.99. The van der Waals surface area contributed by atoms with Gasteiger partial charge in [0.15, 0.2) is 5.65 Å². The van der Waals surface area contributed by atoms with E-state index in [9.17, 15) is 4.79 Å². The highest BCUT2D eigenvalue weighted by molar-refractivity contribution is 7.99. The molecule has 0 aliphatic heterocycles. The maximum Gasteiger partial charge on any atom is 0.230 e. The first-order chi connectivity index (χ1) is 12.8. The van der Waals surface area contributed by atoms with Gasteiger partial charge in [0.1, 0.15) is 5.76 Å². The zero-order valence-electron chi connectivity index (χ0n) is 13.7. The average Bonchev–Trinajstić information content (AvgIpc) is 3.35. The molecule has 1 amide bonds. The number of rotatable bonds is 6. The molecule has 0 spiro atoms. The van der Waals surface area contributed by atoms with Crippen LogP contribution in [0.15, 0.2) is 70.4 Å². The van der Waals surface area contributed by atoms with Gasteiger partial charge in [-0.2, -0.15) is 9.61 Å². The number of furan rings is 1. The molecule has 0 aliphatic rings. The van der Waals surface area contributed by atoms with Crippen LogP contribution >= 0.6 is 11.8 Å². The van der Waals surface area contributed by atoms with Crippen molar-refractivity contribution in [1.29, 1.82) is 0 Å². The van der Waals surface area contributed by atoms with E-state index in [-0.39, 0.29) is 11.7 Å². The first kappa shape index (κ1) is 16.3. The van der Waals surface area contributed by atoms with Crippen LogP contribution in [0.2, 0.25) is 0 Å². The highest BCUT2D eigenvalue weighted by Crippen LogP contribution is 2.20. The molecule has 3 aromatic heterocycles. The Hall–Kier alpha value is -3.13. The minimum atomic E-state index is -0.109. The quantitative estimate of drug-likeness (QED) is 0.529. The van der Waals surface area contributed by atoms with Gasteiger partial charge in [-0.05, 0) is 24.3 Å². The number of benzene rings is 1. The van der Waals surface area contributed by atoms with Crippen molar-refractivity contribution in [2.75, 3.05) is 5.75 Å². The summed E-state index contributed by atoms with van der Waals surface area (Å²) in [5.41, 5.74) is 2.47. The number of hydrogen-bond acceptors (Lipinski definition) is 6. The molecule has 0 fully saturated rings. The Labute approximate surface area is 153 Å². The molecule has 3 heterocycles. The number of nitrogens with one attached hydrogen (secondary N) is 1. The molecule has 0 atom stereocenters. The predicted molar refractivity (Wildman–Crippen MR) is 97.5 cm³/mol. The topological polar surface area (TPSA) is 85.3 Å². The van der Waals surface area contributed by atoms with Gasteiger partial charge in [0.2, 0.25) is 11.1 Å². The summed E-state index contributed by atoms with van der Waals surface area (Å²) in [6.07, 6.45) is 1.58. The molecule has 26 heavy (non-hydrogen) atoms. The molecule has 0 saturated heterocycles. The number of carbonyl (C=O) groups excluding carboxylic acids is 1. The highest BCUT2D eigenvalue weighted by Gasteiger charge is 2.11. The van der Waals surface area contributed by atoms with E-state index < -0.39 is 0 Å². The zero-order valence-corrected chi connectivity index (χ0v) is 14.5. The van der Waals surface area contributed by atoms with E-state index in [0.717, 1.165) is 11.3 Å². The van der Waals surface area contributed by atoms with E-state index in [2.05, 4.69) is 20.6 Å². The summed E-state index contributed by atoms with van der Waals surface area (Å²) in [6, 6.07) is 17.2. The number of aromatic nitrogens is 4. The molecule has 7 nitrogen and oxygen atoms in total. The SMILES string of the molecule is O=C(CSc1nnc2ccc(-c3ccccc3)nn12)NCc1ccco1. The van der Waals surface area contributed by atoms with Crippen molar-refractivity contribution in [2.45, 2.75) is 11.7 Å². The summed E-state index contributed by atoms with van der Waals surface area (Å²) in [5.74, 6) is 0.825. The number of carbonyl (C=O) groups is 1. The Balaban J connectivity index is 1.45. The third-order valence-corrected chi connectivity index (χ3v) is 4.60. The molecule has 4 rings (SSSR count). The first-order valence-corrected chi connectivity index (χ1v) is 8.98. The Morgan fingerprint density at radius 2 is 1.96 bits per heavy atom. The maximum atomic E-state index is 12.0. The van der Waals surface area contributed by atoms with Crippen molar-refractivity contribution >= 4 is 23.3 Å². The zero-order chi connectivity index (χ0) is 17.8. The third-order valence-electron chi connectivity index (χ3n) is 3.68. The fourth-order valence-electron chi connectivity index (χ4n) is 2.40. The molecule has 1 aromatic carbocycles. The van der Waals surface area contributed by atoms with E-state index in [0.29, 0.717) is 23.1 Å². The second-order valence-corrected chi connectivity index (χ2v) is 6.42. The molecule has 0 radical (unpaired) electrons. The van der Waals surface area contributed by atoms with E-state index in [1.165, 1.54) is 11.8 Å². The largest absolute Gasteiger partial charge is 0.467 e. The van der Waals surface area contributed by atoms with Gasteiger partial charge in [-0.25, -0.2) is 0 Å². The molecule has 0 aliphatic carbocycles. The minimum Gasteiger partial charge on any atom is -0.467 e. The van der Waals surface area contributed by atoms with Gasteiger partial charge in [0.05, 0.1) is 24.3 Å². The normalized spacial score (nSPS) is 10.9. The third kappa shape index (κ3) is 3.60. The second-order valence-electron chi connectivity index (χ2n) is 5.48. The maximum absolute atomic E-state index is 12.0. The second kappa shape index (κ2) is 7.40. The lowest BCUT2D eigenvalue weighted by Crippen LogP contribution is -2.24. The lowest BCUT2D eigenvalue weighted by Gasteiger charge is -2.04. The van der Waals surface area contributed by atoms with Crippen LogP contribution < -0.4 is 5.32 Å². The van der Waals surface area contributed by atoms with Gasteiger partial charge in [-0.15, -0.1) is 10.2 Å². The van der Waals surface area contributed by atoms with Gasteiger partial charge < -0.3 is 9.73 Å². The van der Waals surface area contributed by atoms with Gasteiger partial charge >= 0.3 is 0 Å². The monoisotopic (exact) mass is 365 g/mol. The number of fused-ring (bicyclic) bond motifs is 1. The van der Waals surface area contributed by atoms with Crippen LogP contribution in [0.1, 0.15) is 5.76 Å². The van der Waals surface area contributed by atoms with Gasteiger partial charge in [0.25, 0.3) is 0 Å². The van der Waals surface area contributed by atoms with Crippen molar-refractivity contribution in [3.05, 3.63) is 66.6 Å². The molecule has 0 unspecified atom stereocenters. The van der Waals surface area contributed by atoms with Crippen molar-refractivity contribution in [2.24, 2.45) is 0 Å². The van der Waals surface area contributed by atoms with E-state index in [4.69, 9.17) is 4.42 Å². The van der Waals surface area contributed by atoms with Gasteiger partial charge in [-0.3, -0.25) is 4.79 Å². The van der Waals surface area contributed by atoms with Crippen molar-refractivity contribution in [3.8, 4) is 11.3 Å². The summed E-state index contributed by atoms with van der Waals surface area (Å²) in [7, 11) is 0. The summed E-state index contributed by atoms with van der Waals surface area (Å²) < 4.78 is 6.85. The molecule has 0 bridgehead atoms. The summed E-state index contributed by atoms with van der Waals surface area (Å²) in [5, 5.41) is 16.2. The lowest BCUT2D eigenvalue weighted by atomic mass is 10.1. The molecule has 1 N–H and O–H groups in total. The fraction of sp³-hybridized carbons (Fsp3) is 0.111. The number of nitrogens with zero attached hydrogens (tertiary/aromatic N) is 4. The molecule has 0 saturated carbocycles. The molecular weight excluding hydrogens is 350 g/mol. The standard InChI is InChI=1S/C18H15N5O2S/c24-17(19-11-14-7-4-10-25-14)12-26-18-21-20-16-9-8-15(22-23(16)18)13-5-2-1-3-6-13/h1-10H,11-12H2,(H,19,24). The van der Waals surface area contributed by atoms with Crippen LogP contribution in [0.3, 0.4) is 0 Å². The average molecular weight is 365 g/mol. The molecule has 8 heteroatoms. The molecule has 4 aromatic rings.